The maximum absolute atomic E-state index is 14.1. The van der Waals surface area contributed by atoms with Crippen molar-refractivity contribution in [3.05, 3.63) is 94.0 Å². The SMILES string of the molecule is CC[C@H](C(=O)NCC(C)C)N(Cc1ccc(Cl)cc1Cl)C(=O)CN(c1cccc(C)c1)S(=O)(=O)c1ccccc1. The Morgan fingerprint density at radius 1 is 0.950 bits per heavy atom. The number of sulfonamides is 1. The van der Waals surface area contributed by atoms with E-state index in [9.17, 15) is 18.0 Å². The zero-order chi connectivity index (χ0) is 29.4. The number of benzene rings is 3. The lowest BCUT2D eigenvalue weighted by Gasteiger charge is -2.33. The quantitative estimate of drug-likeness (QED) is 0.272. The van der Waals surface area contributed by atoms with Crippen LogP contribution in [0.15, 0.2) is 77.7 Å². The number of rotatable bonds is 12. The van der Waals surface area contributed by atoms with Gasteiger partial charge in [0.2, 0.25) is 11.8 Å². The smallest absolute Gasteiger partial charge is 0.264 e. The molecule has 0 radical (unpaired) electrons. The van der Waals surface area contributed by atoms with E-state index in [1.165, 1.54) is 17.0 Å². The molecule has 0 aliphatic heterocycles. The molecule has 40 heavy (non-hydrogen) atoms. The van der Waals surface area contributed by atoms with Gasteiger partial charge in [0, 0.05) is 23.1 Å². The molecule has 1 atom stereocenters. The van der Waals surface area contributed by atoms with Crippen LogP contribution in [0.5, 0.6) is 0 Å². The lowest BCUT2D eigenvalue weighted by atomic mass is 10.1. The van der Waals surface area contributed by atoms with Gasteiger partial charge in [0.25, 0.3) is 10.0 Å². The van der Waals surface area contributed by atoms with Crippen LogP contribution in [0.2, 0.25) is 10.0 Å². The highest BCUT2D eigenvalue weighted by molar-refractivity contribution is 7.92. The number of aryl methyl sites for hydroxylation is 1. The van der Waals surface area contributed by atoms with Gasteiger partial charge in [-0.25, -0.2) is 8.42 Å². The summed E-state index contributed by atoms with van der Waals surface area (Å²) in [5.41, 5.74) is 1.77. The topological polar surface area (TPSA) is 86.8 Å². The van der Waals surface area contributed by atoms with Gasteiger partial charge in [-0.15, -0.1) is 0 Å². The summed E-state index contributed by atoms with van der Waals surface area (Å²) in [6.07, 6.45) is 0.316. The third-order valence-corrected chi connectivity index (χ3v) is 8.70. The second kappa shape index (κ2) is 14.0. The van der Waals surface area contributed by atoms with Crippen LogP contribution in [0.1, 0.15) is 38.3 Å². The molecule has 0 aliphatic rings. The molecule has 0 unspecified atom stereocenters. The van der Waals surface area contributed by atoms with Crippen molar-refractivity contribution in [3.63, 3.8) is 0 Å². The molecule has 7 nitrogen and oxygen atoms in total. The van der Waals surface area contributed by atoms with Crippen LogP contribution in [0.3, 0.4) is 0 Å². The first kappa shape index (κ1) is 31.5. The Bertz CT molecular complexity index is 1430. The maximum atomic E-state index is 14.1. The zero-order valence-corrected chi connectivity index (χ0v) is 25.4. The Morgan fingerprint density at radius 2 is 1.65 bits per heavy atom. The van der Waals surface area contributed by atoms with E-state index < -0.39 is 28.5 Å². The summed E-state index contributed by atoms with van der Waals surface area (Å²) in [5.74, 6) is -0.648. The fourth-order valence-corrected chi connectivity index (χ4v) is 6.10. The summed E-state index contributed by atoms with van der Waals surface area (Å²) in [6, 6.07) is 19.0. The Balaban J connectivity index is 2.06. The van der Waals surface area contributed by atoms with Crippen molar-refractivity contribution in [1.82, 2.24) is 10.2 Å². The highest BCUT2D eigenvalue weighted by Crippen LogP contribution is 2.27. The highest BCUT2D eigenvalue weighted by Gasteiger charge is 2.34. The predicted octanol–water partition coefficient (Wildman–Crippen LogP) is 6.08. The zero-order valence-electron chi connectivity index (χ0n) is 23.1. The average Bonchev–Trinajstić information content (AvgIpc) is 2.91. The van der Waals surface area contributed by atoms with Crippen LogP contribution < -0.4 is 9.62 Å². The van der Waals surface area contributed by atoms with Crippen LogP contribution >= 0.6 is 23.2 Å². The molecule has 2 amide bonds. The van der Waals surface area contributed by atoms with Gasteiger partial charge in [-0.1, -0.05) is 80.4 Å². The number of hydrogen-bond acceptors (Lipinski definition) is 4. The van der Waals surface area contributed by atoms with Crippen molar-refractivity contribution in [2.45, 2.75) is 51.6 Å². The van der Waals surface area contributed by atoms with E-state index in [4.69, 9.17) is 23.2 Å². The predicted molar refractivity (Wildman–Crippen MR) is 161 cm³/mol. The molecule has 0 saturated carbocycles. The van der Waals surface area contributed by atoms with Crippen molar-refractivity contribution in [2.24, 2.45) is 5.92 Å². The average molecular weight is 605 g/mol. The molecule has 3 aromatic rings. The van der Waals surface area contributed by atoms with E-state index in [2.05, 4.69) is 5.32 Å². The molecule has 3 rings (SSSR count). The lowest BCUT2D eigenvalue weighted by molar-refractivity contribution is -0.140. The summed E-state index contributed by atoms with van der Waals surface area (Å²) < 4.78 is 28.8. The molecule has 214 valence electrons. The maximum Gasteiger partial charge on any atom is 0.264 e. The Hall–Kier alpha value is -3.07. The van der Waals surface area contributed by atoms with Gasteiger partial charge in [-0.3, -0.25) is 13.9 Å². The van der Waals surface area contributed by atoms with Crippen LogP contribution in [-0.4, -0.2) is 44.3 Å². The number of anilines is 1. The minimum absolute atomic E-state index is 0.00448. The number of carbonyl (C=O) groups is 2. The van der Waals surface area contributed by atoms with E-state index in [0.717, 1.165) is 9.87 Å². The minimum Gasteiger partial charge on any atom is -0.354 e. The Labute approximate surface area is 247 Å². The fraction of sp³-hybridized carbons (Fsp3) is 0.333. The van der Waals surface area contributed by atoms with Gasteiger partial charge in [-0.05, 0) is 66.8 Å². The molecule has 3 aromatic carbocycles. The second-order valence-corrected chi connectivity index (χ2v) is 12.7. The van der Waals surface area contributed by atoms with Crippen molar-refractivity contribution in [2.75, 3.05) is 17.4 Å². The summed E-state index contributed by atoms with van der Waals surface area (Å²) >= 11 is 12.5. The van der Waals surface area contributed by atoms with Crippen molar-refractivity contribution in [3.8, 4) is 0 Å². The van der Waals surface area contributed by atoms with Crippen LogP contribution in [0.25, 0.3) is 0 Å². The summed E-state index contributed by atoms with van der Waals surface area (Å²) in [6.45, 7) is 7.53. The first-order valence-electron chi connectivity index (χ1n) is 13.1. The second-order valence-electron chi connectivity index (χ2n) is 9.98. The largest absolute Gasteiger partial charge is 0.354 e. The summed E-state index contributed by atoms with van der Waals surface area (Å²) in [7, 11) is -4.12. The number of carbonyl (C=O) groups excluding carboxylic acids is 2. The molecule has 0 aliphatic carbocycles. The number of amides is 2. The molecule has 0 aromatic heterocycles. The molecular formula is C30H35Cl2N3O4S. The molecule has 0 bridgehead atoms. The van der Waals surface area contributed by atoms with Gasteiger partial charge in [0.05, 0.1) is 10.6 Å². The number of halogens is 2. The Morgan fingerprint density at radius 3 is 2.25 bits per heavy atom. The minimum atomic E-state index is -4.12. The van der Waals surface area contributed by atoms with E-state index in [1.54, 1.807) is 54.6 Å². The Kier molecular flexibility index (Phi) is 11.0. The molecular weight excluding hydrogens is 569 g/mol. The van der Waals surface area contributed by atoms with E-state index in [0.29, 0.717) is 34.3 Å². The molecule has 0 fully saturated rings. The van der Waals surface area contributed by atoms with Gasteiger partial charge in [0.15, 0.2) is 0 Å². The normalized spacial score (nSPS) is 12.2. The standard InChI is InChI=1S/C30H35Cl2N3O4S/c1-5-28(30(37)33-18-21(2)3)34(19-23-14-15-24(31)17-27(23)32)29(36)20-35(25-11-9-10-22(4)16-25)40(38,39)26-12-7-6-8-13-26/h6-17,21,28H,5,18-20H2,1-4H3,(H,33,37)/t28-/m1/s1. The first-order valence-corrected chi connectivity index (χ1v) is 15.3. The summed E-state index contributed by atoms with van der Waals surface area (Å²) in [4.78, 5) is 28.8. The number of nitrogens with one attached hydrogen (secondary N) is 1. The van der Waals surface area contributed by atoms with E-state index in [1.807, 2.05) is 33.8 Å². The van der Waals surface area contributed by atoms with E-state index >= 15 is 0 Å². The molecule has 0 heterocycles. The molecule has 10 heteroatoms. The molecule has 0 saturated heterocycles. The highest BCUT2D eigenvalue weighted by atomic mass is 35.5. The van der Waals surface area contributed by atoms with Crippen LogP contribution in [0.4, 0.5) is 5.69 Å². The van der Waals surface area contributed by atoms with Gasteiger partial charge < -0.3 is 10.2 Å². The third kappa shape index (κ3) is 7.99. The van der Waals surface area contributed by atoms with Crippen LogP contribution in [0, 0.1) is 12.8 Å². The number of nitrogens with zero attached hydrogens (tertiary/aromatic N) is 2. The lowest BCUT2D eigenvalue weighted by Crippen LogP contribution is -2.52. The summed E-state index contributed by atoms with van der Waals surface area (Å²) in [5, 5.41) is 3.69. The molecule has 1 N–H and O–H groups in total. The van der Waals surface area contributed by atoms with Gasteiger partial charge >= 0.3 is 0 Å². The van der Waals surface area contributed by atoms with Crippen LogP contribution in [-0.2, 0) is 26.2 Å². The molecule has 0 spiro atoms. The van der Waals surface area contributed by atoms with Crippen molar-refractivity contribution < 1.29 is 18.0 Å². The third-order valence-electron chi connectivity index (χ3n) is 6.33. The monoisotopic (exact) mass is 603 g/mol. The fourth-order valence-electron chi connectivity index (χ4n) is 4.21. The van der Waals surface area contributed by atoms with Gasteiger partial charge in [0.1, 0.15) is 12.6 Å². The van der Waals surface area contributed by atoms with Crippen molar-refractivity contribution >= 4 is 50.7 Å². The van der Waals surface area contributed by atoms with Gasteiger partial charge in [-0.2, -0.15) is 0 Å². The first-order chi connectivity index (χ1) is 18.9. The number of hydrogen-bond donors (Lipinski definition) is 1. The van der Waals surface area contributed by atoms with Crippen molar-refractivity contribution in [1.29, 1.82) is 0 Å². The van der Waals surface area contributed by atoms with E-state index in [-0.39, 0.29) is 23.3 Å².